The highest BCUT2D eigenvalue weighted by molar-refractivity contribution is 6.29. The summed E-state index contributed by atoms with van der Waals surface area (Å²) in [6.45, 7) is 1.36. The molecule has 0 saturated heterocycles. The molecule has 0 aliphatic heterocycles. The van der Waals surface area contributed by atoms with E-state index in [0.29, 0.717) is 0 Å². The molecule has 96 valence electrons. The first kappa shape index (κ1) is 12.6. The van der Waals surface area contributed by atoms with Crippen molar-refractivity contribution in [2.45, 2.75) is 13.5 Å². The maximum absolute atomic E-state index is 11.9. The van der Waals surface area contributed by atoms with Crippen LogP contribution in [0.4, 0.5) is 0 Å². The SMILES string of the molecule is CC(=O)Cn1c(Cl)nc2c(=O)n(C)c(=O)n(C)c21. The first-order valence-electron chi connectivity index (χ1n) is 5.15. The number of rotatable bonds is 2. The Morgan fingerprint density at radius 3 is 2.44 bits per heavy atom. The molecule has 0 atom stereocenters. The third-order valence-corrected chi connectivity index (χ3v) is 2.96. The summed E-state index contributed by atoms with van der Waals surface area (Å²) in [5.41, 5.74) is -0.694. The van der Waals surface area contributed by atoms with Crippen LogP contribution >= 0.6 is 11.6 Å². The van der Waals surface area contributed by atoms with Gasteiger partial charge >= 0.3 is 5.69 Å². The predicted molar refractivity (Wildman–Crippen MR) is 65.9 cm³/mol. The molecule has 18 heavy (non-hydrogen) atoms. The lowest BCUT2D eigenvalue weighted by Gasteiger charge is -2.07. The van der Waals surface area contributed by atoms with Crippen molar-refractivity contribution >= 4 is 28.5 Å². The van der Waals surface area contributed by atoms with E-state index in [4.69, 9.17) is 11.6 Å². The van der Waals surface area contributed by atoms with Gasteiger partial charge in [0.15, 0.2) is 11.2 Å². The number of ketones is 1. The molecule has 0 N–H and O–H groups in total. The molecule has 2 aromatic heterocycles. The number of nitrogens with zero attached hydrogens (tertiary/aromatic N) is 4. The van der Waals surface area contributed by atoms with Gasteiger partial charge in [-0.15, -0.1) is 0 Å². The minimum absolute atomic E-state index is 0.0125. The Morgan fingerprint density at radius 1 is 1.28 bits per heavy atom. The van der Waals surface area contributed by atoms with E-state index in [-0.39, 0.29) is 28.8 Å². The summed E-state index contributed by atoms with van der Waals surface area (Å²) in [6.07, 6.45) is 0. The Balaban J connectivity index is 2.99. The Morgan fingerprint density at radius 2 is 1.89 bits per heavy atom. The maximum atomic E-state index is 11.9. The summed E-state index contributed by atoms with van der Waals surface area (Å²) in [5.74, 6) is -0.149. The molecular weight excluding hydrogens is 260 g/mol. The number of aryl methyl sites for hydroxylation is 1. The molecule has 0 aliphatic rings. The van der Waals surface area contributed by atoms with E-state index in [1.165, 1.54) is 30.2 Å². The molecule has 2 rings (SSSR count). The van der Waals surface area contributed by atoms with Crippen molar-refractivity contribution < 1.29 is 4.79 Å². The topological polar surface area (TPSA) is 78.9 Å². The van der Waals surface area contributed by atoms with Crippen molar-refractivity contribution in [2.75, 3.05) is 0 Å². The standard InChI is InChI=1S/C10H11ClN4O3/c1-5(16)4-15-7-6(12-9(15)11)8(17)14(3)10(18)13(7)2/h4H2,1-3H3. The summed E-state index contributed by atoms with van der Waals surface area (Å²) in [6, 6.07) is 0. The molecule has 0 spiro atoms. The second kappa shape index (κ2) is 4.09. The highest BCUT2D eigenvalue weighted by Crippen LogP contribution is 2.15. The van der Waals surface area contributed by atoms with E-state index in [1.54, 1.807) is 0 Å². The fourth-order valence-corrected chi connectivity index (χ4v) is 2.05. The number of fused-ring (bicyclic) bond motifs is 1. The number of hydrogen-bond donors (Lipinski definition) is 0. The van der Waals surface area contributed by atoms with Crippen molar-refractivity contribution in [3.63, 3.8) is 0 Å². The largest absolute Gasteiger partial charge is 0.332 e. The molecular formula is C10H11ClN4O3. The van der Waals surface area contributed by atoms with Crippen LogP contribution in [0.2, 0.25) is 5.28 Å². The van der Waals surface area contributed by atoms with Crippen LogP contribution in [-0.2, 0) is 25.4 Å². The summed E-state index contributed by atoms with van der Waals surface area (Å²) in [4.78, 5) is 38.8. The monoisotopic (exact) mass is 270 g/mol. The summed E-state index contributed by atoms with van der Waals surface area (Å²) >= 11 is 5.90. The lowest BCUT2D eigenvalue weighted by molar-refractivity contribution is -0.117. The van der Waals surface area contributed by atoms with Crippen LogP contribution in [0.5, 0.6) is 0 Å². The van der Waals surface area contributed by atoms with Crippen LogP contribution in [0.1, 0.15) is 6.92 Å². The Labute approximate surface area is 106 Å². The van der Waals surface area contributed by atoms with Crippen LogP contribution in [-0.4, -0.2) is 24.5 Å². The number of Topliss-reactive ketones (excluding diaryl/α,β-unsaturated/α-hetero) is 1. The zero-order valence-electron chi connectivity index (χ0n) is 10.1. The van der Waals surface area contributed by atoms with Gasteiger partial charge in [-0.05, 0) is 18.5 Å². The van der Waals surface area contributed by atoms with Gasteiger partial charge in [0, 0.05) is 14.1 Å². The fraction of sp³-hybridized carbons (Fsp3) is 0.400. The van der Waals surface area contributed by atoms with Crippen LogP contribution in [0.15, 0.2) is 9.59 Å². The predicted octanol–water partition coefficient (Wildman–Crippen LogP) is -0.324. The smallest absolute Gasteiger partial charge is 0.298 e. The minimum atomic E-state index is -0.530. The van der Waals surface area contributed by atoms with Gasteiger partial charge in [-0.3, -0.25) is 23.3 Å². The van der Waals surface area contributed by atoms with E-state index in [2.05, 4.69) is 4.98 Å². The zero-order valence-corrected chi connectivity index (χ0v) is 10.9. The molecule has 8 heteroatoms. The van der Waals surface area contributed by atoms with Crippen molar-refractivity contribution in [2.24, 2.45) is 14.1 Å². The Hall–Kier alpha value is -1.89. The van der Waals surface area contributed by atoms with Gasteiger partial charge in [-0.25, -0.2) is 9.78 Å². The van der Waals surface area contributed by atoms with Gasteiger partial charge in [-0.1, -0.05) is 0 Å². The summed E-state index contributed by atoms with van der Waals surface area (Å²) < 4.78 is 3.55. The second-order valence-electron chi connectivity index (χ2n) is 4.05. The van der Waals surface area contributed by atoms with E-state index in [0.717, 1.165) is 4.57 Å². The highest BCUT2D eigenvalue weighted by atomic mass is 35.5. The van der Waals surface area contributed by atoms with Gasteiger partial charge in [0.2, 0.25) is 5.28 Å². The minimum Gasteiger partial charge on any atom is -0.298 e. The number of carbonyl (C=O) groups excluding carboxylic acids is 1. The molecule has 0 aliphatic carbocycles. The van der Waals surface area contributed by atoms with E-state index >= 15 is 0 Å². The number of hydrogen-bond acceptors (Lipinski definition) is 4. The number of imidazole rings is 1. The van der Waals surface area contributed by atoms with Crippen molar-refractivity contribution in [3.8, 4) is 0 Å². The number of halogens is 1. The van der Waals surface area contributed by atoms with Crippen molar-refractivity contribution in [1.82, 2.24) is 18.7 Å². The maximum Gasteiger partial charge on any atom is 0.332 e. The normalized spacial score (nSPS) is 11.1. The summed E-state index contributed by atoms with van der Waals surface area (Å²) in [5, 5.41) is 0.0125. The van der Waals surface area contributed by atoms with Crippen LogP contribution in [0.3, 0.4) is 0 Å². The summed E-state index contributed by atoms with van der Waals surface area (Å²) in [7, 11) is 2.86. The van der Waals surface area contributed by atoms with Gasteiger partial charge in [0.25, 0.3) is 5.56 Å². The second-order valence-corrected chi connectivity index (χ2v) is 4.39. The van der Waals surface area contributed by atoms with Crippen molar-refractivity contribution in [1.29, 1.82) is 0 Å². The van der Waals surface area contributed by atoms with E-state index in [9.17, 15) is 14.4 Å². The molecule has 0 unspecified atom stereocenters. The fourth-order valence-electron chi connectivity index (χ4n) is 1.83. The van der Waals surface area contributed by atoms with E-state index < -0.39 is 11.2 Å². The van der Waals surface area contributed by atoms with Crippen LogP contribution in [0, 0.1) is 0 Å². The molecule has 2 aromatic rings. The Kier molecular flexibility index (Phi) is 2.86. The van der Waals surface area contributed by atoms with Gasteiger partial charge in [-0.2, -0.15) is 0 Å². The van der Waals surface area contributed by atoms with Crippen molar-refractivity contribution in [3.05, 3.63) is 26.1 Å². The van der Waals surface area contributed by atoms with Crippen LogP contribution in [0.25, 0.3) is 11.2 Å². The van der Waals surface area contributed by atoms with Gasteiger partial charge < -0.3 is 0 Å². The number of aromatic nitrogens is 4. The quantitative estimate of drug-likeness (QED) is 0.701. The van der Waals surface area contributed by atoms with E-state index in [1.807, 2.05) is 0 Å². The third-order valence-electron chi connectivity index (χ3n) is 2.67. The average Bonchev–Trinajstić information content (AvgIpc) is 2.61. The molecule has 0 amide bonds. The highest BCUT2D eigenvalue weighted by Gasteiger charge is 2.18. The van der Waals surface area contributed by atoms with Gasteiger partial charge in [0.1, 0.15) is 5.78 Å². The molecule has 0 saturated carbocycles. The lowest BCUT2D eigenvalue weighted by Crippen LogP contribution is -2.37. The number of carbonyl (C=O) groups is 1. The average molecular weight is 271 g/mol. The molecule has 0 radical (unpaired) electrons. The lowest BCUT2D eigenvalue weighted by atomic mass is 10.4. The molecule has 0 fully saturated rings. The molecule has 0 aromatic carbocycles. The third kappa shape index (κ3) is 1.67. The van der Waals surface area contributed by atoms with Gasteiger partial charge in [0.05, 0.1) is 6.54 Å². The Bertz CT molecular complexity index is 768. The molecule has 2 heterocycles. The molecule has 7 nitrogen and oxygen atoms in total. The first-order chi connectivity index (χ1) is 8.34. The first-order valence-corrected chi connectivity index (χ1v) is 5.53. The zero-order chi connectivity index (χ0) is 13.6. The van der Waals surface area contributed by atoms with Crippen LogP contribution < -0.4 is 11.2 Å². The molecule has 0 bridgehead atoms.